The molecule has 0 bridgehead atoms. The first kappa shape index (κ1) is 17.6. The van der Waals surface area contributed by atoms with Gasteiger partial charge in [-0.15, -0.1) is 0 Å². The third-order valence-electron chi connectivity index (χ3n) is 4.28. The number of hydrogen-bond acceptors (Lipinski definition) is 6. The van der Waals surface area contributed by atoms with E-state index < -0.39 is 11.6 Å². The van der Waals surface area contributed by atoms with Crippen LogP contribution in [-0.4, -0.2) is 17.7 Å². The molecule has 0 saturated heterocycles. The summed E-state index contributed by atoms with van der Waals surface area (Å²) in [5, 5.41) is 12.2. The minimum Gasteiger partial charge on any atom is -0.508 e. The summed E-state index contributed by atoms with van der Waals surface area (Å²) in [5.41, 5.74) is 0.132. The Hall–Kier alpha value is -3.80. The summed E-state index contributed by atoms with van der Waals surface area (Å²) < 4.78 is 15.8. The number of rotatable bonds is 5. The summed E-state index contributed by atoms with van der Waals surface area (Å²) in [6.07, 6.45) is 0. The molecule has 0 fully saturated rings. The number of carbonyl (C=O) groups is 1. The normalized spacial score (nSPS) is 10.9. The molecule has 0 amide bonds. The first-order valence-electron chi connectivity index (χ1n) is 8.61. The Labute approximate surface area is 159 Å². The van der Waals surface area contributed by atoms with E-state index in [1.54, 1.807) is 12.1 Å². The third-order valence-corrected chi connectivity index (χ3v) is 4.28. The average Bonchev–Trinajstić information content (AvgIpc) is 2.69. The molecule has 0 aliphatic heterocycles. The second-order valence-corrected chi connectivity index (χ2v) is 6.23. The third kappa shape index (κ3) is 3.81. The van der Waals surface area contributed by atoms with Gasteiger partial charge in [0.1, 0.15) is 23.7 Å². The number of benzene rings is 3. The summed E-state index contributed by atoms with van der Waals surface area (Å²) in [6.45, 7) is -0.356. The Bertz CT molecular complexity index is 1220. The Morgan fingerprint density at radius 3 is 2.64 bits per heavy atom. The van der Waals surface area contributed by atoms with Crippen molar-refractivity contribution < 1.29 is 23.8 Å². The molecule has 6 heteroatoms. The fraction of sp³-hybridized carbons (Fsp3) is 0.0909. The van der Waals surface area contributed by atoms with E-state index in [0.29, 0.717) is 16.7 Å². The van der Waals surface area contributed by atoms with Crippen molar-refractivity contribution in [3.8, 4) is 11.5 Å². The number of carbonyl (C=O) groups excluding carboxylic acids is 1. The standard InChI is InChI=1S/C22H16O6/c23-17-6-8-19-16(10-21(24)28-20(19)11-17)12-27-22(25)13-26-18-7-5-14-3-1-2-4-15(14)9-18/h1-11,23H,12-13H2. The van der Waals surface area contributed by atoms with Gasteiger partial charge in [0.15, 0.2) is 6.61 Å². The summed E-state index contributed by atoms with van der Waals surface area (Å²) in [6, 6.07) is 19.1. The highest BCUT2D eigenvalue weighted by molar-refractivity contribution is 5.84. The van der Waals surface area contributed by atoms with Crippen LogP contribution in [-0.2, 0) is 16.1 Å². The number of phenolic OH excluding ortho intramolecular Hbond substituents is 1. The van der Waals surface area contributed by atoms with E-state index in [1.165, 1.54) is 18.2 Å². The predicted octanol–water partition coefficient (Wildman–Crippen LogP) is 3.77. The average molecular weight is 376 g/mol. The molecule has 140 valence electrons. The van der Waals surface area contributed by atoms with Crippen LogP contribution < -0.4 is 10.4 Å². The lowest BCUT2D eigenvalue weighted by Crippen LogP contribution is -2.15. The topological polar surface area (TPSA) is 86.0 Å². The molecule has 28 heavy (non-hydrogen) atoms. The molecule has 1 aromatic heterocycles. The second-order valence-electron chi connectivity index (χ2n) is 6.23. The molecule has 0 atom stereocenters. The fourth-order valence-electron chi connectivity index (χ4n) is 2.94. The quantitative estimate of drug-likeness (QED) is 0.421. The zero-order valence-corrected chi connectivity index (χ0v) is 14.8. The van der Waals surface area contributed by atoms with Crippen LogP contribution in [0, 0.1) is 0 Å². The number of fused-ring (bicyclic) bond motifs is 2. The van der Waals surface area contributed by atoms with Crippen molar-refractivity contribution in [1.29, 1.82) is 0 Å². The van der Waals surface area contributed by atoms with Crippen LogP contribution in [0.4, 0.5) is 0 Å². The smallest absolute Gasteiger partial charge is 0.344 e. The lowest BCUT2D eigenvalue weighted by molar-refractivity contribution is -0.147. The molecule has 1 N–H and O–H groups in total. The van der Waals surface area contributed by atoms with Crippen LogP contribution in [0.25, 0.3) is 21.7 Å². The van der Waals surface area contributed by atoms with Crippen LogP contribution in [0.5, 0.6) is 11.5 Å². The number of ether oxygens (including phenoxy) is 2. The molecule has 0 saturated carbocycles. The maximum atomic E-state index is 12.0. The summed E-state index contributed by atoms with van der Waals surface area (Å²) in [7, 11) is 0. The molecular weight excluding hydrogens is 360 g/mol. The lowest BCUT2D eigenvalue weighted by atomic mass is 10.1. The van der Waals surface area contributed by atoms with Gasteiger partial charge < -0.3 is 19.0 Å². The molecule has 1 heterocycles. The highest BCUT2D eigenvalue weighted by Gasteiger charge is 2.10. The fourth-order valence-corrected chi connectivity index (χ4v) is 2.94. The predicted molar refractivity (Wildman–Crippen MR) is 103 cm³/mol. The Kier molecular flexibility index (Phi) is 4.68. The lowest BCUT2D eigenvalue weighted by Gasteiger charge is -2.09. The number of phenols is 1. The summed E-state index contributed by atoms with van der Waals surface area (Å²) in [4.78, 5) is 23.7. The molecule has 0 aliphatic carbocycles. The number of hydrogen-bond donors (Lipinski definition) is 1. The van der Waals surface area contributed by atoms with Crippen molar-refractivity contribution in [3.63, 3.8) is 0 Å². The van der Waals surface area contributed by atoms with Gasteiger partial charge in [-0.1, -0.05) is 30.3 Å². The SMILES string of the molecule is O=C(COc1ccc2ccccc2c1)OCc1cc(=O)oc2cc(O)ccc12. The van der Waals surface area contributed by atoms with Gasteiger partial charge in [0.2, 0.25) is 0 Å². The molecule has 0 aliphatic rings. The van der Waals surface area contributed by atoms with E-state index in [-0.39, 0.29) is 24.5 Å². The first-order chi connectivity index (χ1) is 13.6. The highest BCUT2D eigenvalue weighted by Crippen LogP contribution is 2.23. The monoisotopic (exact) mass is 376 g/mol. The van der Waals surface area contributed by atoms with Gasteiger partial charge in [0.25, 0.3) is 0 Å². The minimum atomic E-state index is -0.587. The molecule has 3 aromatic carbocycles. The van der Waals surface area contributed by atoms with Crippen LogP contribution >= 0.6 is 0 Å². The van der Waals surface area contributed by atoms with Gasteiger partial charge in [-0.25, -0.2) is 9.59 Å². The van der Waals surface area contributed by atoms with E-state index in [4.69, 9.17) is 13.9 Å². The van der Waals surface area contributed by atoms with Crippen molar-refractivity contribution in [2.75, 3.05) is 6.61 Å². The first-order valence-corrected chi connectivity index (χ1v) is 8.61. The molecular formula is C22H16O6. The van der Waals surface area contributed by atoms with Gasteiger partial charge in [-0.2, -0.15) is 0 Å². The molecule has 6 nitrogen and oxygen atoms in total. The van der Waals surface area contributed by atoms with Gasteiger partial charge in [-0.05, 0) is 35.0 Å². The summed E-state index contributed by atoms with van der Waals surface area (Å²) >= 11 is 0. The Balaban J connectivity index is 1.41. The van der Waals surface area contributed by atoms with Crippen LogP contribution in [0.3, 0.4) is 0 Å². The minimum absolute atomic E-state index is 0.0198. The maximum absolute atomic E-state index is 12.0. The van der Waals surface area contributed by atoms with Crippen LogP contribution in [0.1, 0.15) is 5.56 Å². The van der Waals surface area contributed by atoms with Crippen molar-refractivity contribution in [3.05, 3.63) is 82.7 Å². The van der Waals surface area contributed by atoms with Gasteiger partial charge in [-0.3, -0.25) is 0 Å². The number of aromatic hydroxyl groups is 1. The van der Waals surface area contributed by atoms with E-state index in [2.05, 4.69) is 0 Å². The maximum Gasteiger partial charge on any atom is 0.344 e. The number of esters is 1. The van der Waals surface area contributed by atoms with E-state index >= 15 is 0 Å². The molecule has 0 spiro atoms. The highest BCUT2D eigenvalue weighted by atomic mass is 16.6. The van der Waals surface area contributed by atoms with Crippen molar-refractivity contribution in [1.82, 2.24) is 0 Å². The van der Waals surface area contributed by atoms with Gasteiger partial charge in [0.05, 0.1) is 0 Å². The van der Waals surface area contributed by atoms with Gasteiger partial charge in [0, 0.05) is 23.1 Å². The molecule has 4 rings (SSSR count). The molecule has 0 radical (unpaired) electrons. The zero-order valence-electron chi connectivity index (χ0n) is 14.8. The van der Waals surface area contributed by atoms with Crippen molar-refractivity contribution in [2.45, 2.75) is 6.61 Å². The molecule has 4 aromatic rings. The largest absolute Gasteiger partial charge is 0.508 e. The molecule has 0 unspecified atom stereocenters. The van der Waals surface area contributed by atoms with E-state index in [1.807, 2.05) is 36.4 Å². The van der Waals surface area contributed by atoms with E-state index in [0.717, 1.165) is 10.8 Å². The van der Waals surface area contributed by atoms with E-state index in [9.17, 15) is 14.7 Å². The Morgan fingerprint density at radius 2 is 1.79 bits per heavy atom. The van der Waals surface area contributed by atoms with Crippen LogP contribution in [0.2, 0.25) is 0 Å². The van der Waals surface area contributed by atoms with Crippen molar-refractivity contribution in [2.24, 2.45) is 0 Å². The van der Waals surface area contributed by atoms with Crippen LogP contribution in [0.15, 0.2) is 75.9 Å². The Morgan fingerprint density at radius 1 is 0.964 bits per heavy atom. The zero-order chi connectivity index (χ0) is 19.5. The van der Waals surface area contributed by atoms with Crippen molar-refractivity contribution >= 4 is 27.7 Å². The summed E-state index contributed by atoms with van der Waals surface area (Å²) in [5.74, 6) is -0.0150. The second kappa shape index (κ2) is 7.44. The van der Waals surface area contributed by atoms with Gasteiger partial charge >= 0.3 is 11.6 Å².